The highest BCUT2D eigenvalue weighted by Gasteiger charge is 2.27. The van der Waals surface area contributed by atoms with Crippen LogP contribution in [0.15, 0.2) is 0 Å². The van der Waals surface area contributed by atoms with Crippen molar-refractivity contribution in [3.8, 4) is 0 Å². The molecule has 1 saturated carbocycles. The number of carbonyl (C=O) groups is 2. The highest BCUT2D eigenvalue weighted by Crippen LogP contribution is 2.27. The summed E-state index contributed by atoms with van der Waals surface area (Å²) in [5, 5.41) is 2.66. The highest BCUT2D eigenvalue weighted by atomic mass is 16.6. The van der Waals surface area contributed by atoms with Crippen molar-refractivity contribution in [2.45, 2.75) is 59.0 Å². The predicted octanol–water partition coefficient (Wildman–Crippen LogP) is 2.91. The predicted molar refractivity (Wildman–Crippen MR) is 70.4 cm³/mol. The number of rotatable bonds is 4. The fraction of sp³-hybridized carbons (Fsp3) is 0.857. The maximum absolute atomic E-state index is 12.1. The zero-order valence-corrected chi connectivity index (χ0v) is 11.9. The second-order valence-corrected chi connectivity index (χ2v) is 6.17. The number of nitrogens with one attached hydrogen (secondary N) is 1. The molecule has 0 aromatic carbocycles. The molecule has 0 heterocycles. The number of ether oxygens (including phenoxy) is 1. The fourth-order valence-electron chi connectivity index (χ4n) is 2.26. The van der Waals surface area contributed by atoms with E-state index in [4.69, 9.17) is 4.74 Å². The van der Waals surface area contributed by atoms with Crippen LogP contribution in [0.25, 0.3) is 0 Å². The van der Waals surface area contributed by atoms with Crippen molar-refractivity contribution >= 4 is 11.9 Å². The SMILES string of the molecule is CC(CNC(=O)OC(C)(C)C)C(=O)C1CCCC1. The molecule has 0 aromatic rings. The molecule has 1 rings (SSSR count). The van der Waals surface area contributed by atoms with E-state index in [1.807, 2.05) is 27.7 Å². The van der Waals surface area contributed by atoms with Crippen LogP contribution in [0.4, 0.5) is 4.79 Å². The second kappa shape index (κ2) is 6.21. The molecule has 0 bridgehead atoms. The van der Waals surface area contributed by atoms with Crippen molar-refractivity contribution in [1.82, 2.24) is 5.32 Å². The summed E-state index contributed by atoms with van der Waals surface area (Å²) < 4.78 is 5.13. The molecule has 0 saturated heterocycles. The van der Waals surface area contributed by atoms with Gasteiger partial charge in [-0.3, -0.25) is 4.79 Å². The number of ketones is 1. The summed E-state index contributed by atoms with van der Waals surface area (Å²) >= 11 is 0. The van der Waals surface area contributed by atoms with Gasteiger partial charge in [-0.05, 0) is 33.6 Å². The summed E-state index contributed by atoms with van der Waals surface area (Å²) in [6.45, 7) is 7.70. The third-order valence-electron chi connectivity index (χ3n) is 3.19. The van der Waals surface area contributed by atoms with Crippen LogP contribution in [-0.4, -0.2) is 24.0 Å². The van der Waals surface area contributed by atoms with E-state index in [0.717, 1.165) is 25.7 Å². The van der Waals surface area contributed by atoms with Gasteiger partial charge in [0.15, 0.2) is 0 Å². The quantitative estimate of drug-likeness (QED) is 0.840. The van der Waals surface area contributed by atoms with Gasteiger partial charge in [0, 0.05) is 18.4 Å². The molecule has 4 heteroatoms. The van der Waals surface area contributed by atoms with E-state index in [9.17, 15) is 9.59 Å². The number of hydrogen-bond donors (Lipinski definition) is 1. The van der Waals surface area contributed by atoms with Crippen LogP contribution in [0, 0.1) is 11.8 Å². The lowest BCUT2D eigenvalue weighted by Gasteiger charge is -2.21. The summed E-state index contributed by atoms with van der Waals surface area (Å²) in [6.07, 6.45) is 3.88. The maximum atomic E-state index is 12.1. The molecule has 104 valence electrons. The van der Waals surface area contributed by atoms with Crippen LogP contribution in [0.5, 0.6) is 0 Å². The van der Waals surface area contributed by atoms with Gasteiger partial charge >= 0.3 is 6.09 Å². The van der Waals surface area contributed by atoms with Crippen LogP contribution < -0.4 is 5.32 Å². The van der Waals surface area contributed by atoms with E-state index < -0.39 is 11.7 Å². The Morgan fingerprint density at radius 1 is 1.28 bits per heavy atom. The molecule has 1 fully saturated rings. The van der Waals surface area contributed by atoms with Gasteiger partial charge in [0.2, 0.25) is 0 Å². The average Bonchev–Trinajstić information content (AvgIpc) is 2.75. The number of amides is 1. The van der Waals surface area contributed by atoms with E-state index in [1.54, 1.807) is 0 Å². The summed E-state index contributed by atoms with van der Waals surface area (Å²) in [6, 6.07) is 0. The van der Waals surface area contributed by atoms with Crippen molar-refractivity contribution in [1.29, 1.82) is 0 Å². The van der Waals surface area contributed by atoms with Crippen molar-refractivity contribution < 1.29 is 14.3 Å². The van der Waals surface area contributed by atoms with E-state index in [2.05, 4.69) is 5.32 Å². The average molecular weight is 255 g/mol. The van der Waals surface area contributed by atoms with Gasteiger partial charge in [-0.1, -0.05) is 19.8 Å². The Labute approximate surface area is 109 Å². The number of alkyl carbamates (subject to hydrolysis) is 1. The van der Waals surface area contributed by atoms with E-state index in [0.29, 0.717) is 6.54 Å². The Morgan fingerprint density at radius 2 is 1.83 bits per heavy atom. The highest BCUT2D eigenvalue weighted by molar-refractivity contribution is 5.84. The van der Waals surface area contributed by atoms with Crippen LogP contribution >= 0.6 is 0 Å². The van der Waals surface area contributed by atoms with E-state index >= 15 is 0 Å². The smallest absolute Gasteiger partial charge is 0.407 e. The number of hydrogen-bond acceptors (Lipinski definition) is 3. The third-order valence-corrected chi connectivity index (χ3v) is 3.19. The minimum absolute atomic E-state index is 0.124. The topological polar surface area (TPSA) is 55.4 Å². The Balaban J connectivity index is 2.29. The minimum Gasteiger partial charge on any atom is -0.444 e. The molecule has 1 atom stereocenters. The molecule has 0 radical (unpaired) electrons. The first-order valence-electron chi connectivity index (χ1n) is 6.80. The van der Waals surface area contributed by atoms with Gasteiger partial charge in [0.05, 0.1) is 0 Å². The first-order valence-corrected chi connectivity index (χ1v) is 6.80. The largest absolute Gasteiger partial charge is 0.444 e. The number of Topliss-reactive ketones (excluding diaryl/α,β-unsaturated/α-hetero) is 1. The van der Waals surface area contributed by atoms with Crippen LogP contribution in [0.3, 0.4) is 0 Å². The van der Waals surface area contributed by atoms with Crippen LogP contribution in [-0.2, 0) is 9.53 Å². The molecule has 0 spiro atoms. The molecule has 0 aromatic heterocycles. The zero-order valence-electron chi connectivity index (χ0n) is 11.9. The van der Waals surface area contributed by atoms with Gasteiger partial charge in [-0.2, -0.15) is 0 Å². The molecule has 1 amide bonds. The standard InChI is InChI=1S/C14H25NO3/c1-10(12(16)11-7-5-6-8-11)9-15-13(17)18-14(2,3)4/h10-11H,5-9H2,1-4H3,(H,15,17). The second-order valence-electron chi connectivity index (χ2n) is 6.17. The van der Waals surface area contributed by atoms with Crippen molar-refractivity contribution in [2.24, 2.45) is 11.8 Å². The van der Waals surface area contributed by atoms with Crippen molar-refractivity contribution in [3.63, 3.8) is 0 Å². The molecule has 1 aliphatic rings. The molecule has 1 N–H and O–H groups in total. The van der Waals surface area contributed by atoms with Crippen LogP contribution in [0.2, 0.25) is 0 Å². The molecule has 18 heavy (non-hydrogen) atoms. The molecule has 4 nitrogen and oxygen atoms in total. The monoisotopic (exact) mass is 255 g/mol. The normalized spacial score (nSPS) is 18.4. The van der Waals surface area contributed by atoms with Gasteiger partial charge in [0.25, 0.3) is 0 Å². The van der Waals surface area contributed by atoms with Crippen LogP contribution in [0.1, 0.15) is 53.4 Å². The Bertz CT molecular complexity index is 301. The molecule has 0 aliphatic heterocycles. The van der Waals surface area contributed by atoms with E-state index in [1.165, 1.54) is 0 Å². The van der Waals surface area contributed by atoms with Crippen molar-refractivity contribution in [3.05, 3.63) is 0 Å². The van der Waals surface area contributed by atoms with Gasteiger partial charge in [0.1, 0.15) is 11.4 Å². The van der Waals surface area contributed by atoms with Gasteiger partial charge in [-0.15, -0.1) is 0 Å². The lowest BCUT2D eigenvalue weighted by atomic mass is 9.93. The van der Waals surface area contributed by atoms with E-state index in [-0.39, 0.29) is 17.6 Å². The first kappa shape index (κ1) is 15.0. The first-order chi connectivity index (χ1) is 8.29. The van der Waals surface area contributed by atoms with Crippen molar-refractivity contribution in [2.75, 3.05) is 6.54 Å². The summed E-state index contributed by atoms with van der Waals surface area (Å²) in [5.74, 6) is 0.365. The Hall–Kier alpha value is -1.06. The maximum Gasteiger partial charge on any atom is 0.407 e. The molecule has 1 aliphatic carbocycles. The minimum atomic E-state index is -0.497. The molecule has 1 unspecified atom stereocenters. The molecular formula is C14H25NO3. The summed E-state index contributed by atoms with van der Waals surface area (Å²) in [7, 11) is 0. The summed E-state index contributed by atoms with van der Waals surface area (Å²) in [4.78, 5) is 23.5. The lowest BCUT2D eigenvalue weighted by molar-refractivity contribution is -0.125. The van der Waals surface area contributed by atoms with Gasteiger partial charge in [-0.25, -0.2) is 4.79 Å². The zero-order chi connectivity index (χ0) is 13.8. The number of carbonyl (C=O) groups excluding carboxylic acids is 2. The summed E-state index contributed by atoms with van der Waals surface area (Å²) in [5.41, 5.74) is -0.497. The van der Waals surface area contributed by atoms with Gasteiger partial charge < -0.3 is 10.1 Å². The Morgan fingerprint density at radius 3 is 2.33 bits per heavy atom. The molecular weight excluding hydrogens is 230 g/mol. The Kier molecular flexibility index (Phi) is 5.17. The third kappa shape index (κ3) is 5.07. The lowest BCUT2D eigenvalue weighted by Crippen LogP contribution is -2.37. The fourth-order valence-corrected chi connectivity index (χ4v) is 2.26.